The maximum absolute atomic E-state index is 12.9. The molecule has 0 bridgehead atoms. The second-order valence-electron chi connectivity index (χ2n) is 7.10. The van der Waals surface area contributed by atoms with Crippen molar-refractivity contribution in [3.05, 3.63) is 76.9 Å². The molecule has 0 atom stereocenters. The van der Waals surface area contributed by atoms with E-state index in [2.05, 4.69) is 19.9 Å². The monoisotopic (exact) mass is 413 g/mol. The Morgan fingerprint density at radius 3 is 2.80 bits per heavy atom. The number of fused-ring (bicyclic) bond motifs is 1. The molecule has 1 aromatic carbocycles. The van der Waals surface area contributed by atoms with E-state index in [1.54, 1.807) is 18.5 Å². The van der Waals surface area contributed by atoms with Gasteiger partial charge in [0.05, 0.1) is 23.1 Å². The lowest BCUT2D eigenvalue weighted by Crippen LogP contribution is -2.31. The highest BCUT2D eigenvalue weighted by atomic mass is 19.4. The first-order valence-electron chi connectivity index (χ1n) is 9.29. The third-order valence-corrected chi connectivity index (χ3v) is 4.98. The number of alkyl halides is 3. The minimum absolute atomic E-state index is 0.134. The first-order valence-corrected chi connectivity index (χ1v) is 9.29. The Morgan fingerprint density at radius 1 is 1.17 bits per heavy atom. The highest BCUT2D eigenvalue weighted by Crippen LogP contribution is 2.30. The highest BCUT2D eigenvalue weighted by Gasteiger charge is 2.30. The van der Waals surface area contributed by atoms with Crippen LogP contribution in [0.1, 0.15) is 32.7 Å². The molecule has 9 heteroatoms. The van der Waals surface area contributed by atoms with Crippen molar-refractivity contribution < 1.29 is 18.0 Å². The summed E-state index contributed by atoms with van der Waals surface area (Å²) in [5, 5.41) is 0. The molecule has 2 aromatic heterocycles. The predicted octanol–water partition coefficient (Wildman–Crippen LogP) is 3.46. The largest absolute Gasteiger partial charge is 0.416 e. The van der Waals surface area contributed by atoms with Crippen molar-refractivity contribution in [2.45, 2.75) is 25.6 Å². The summed E-state index contributed by atoms with van der Waals surface area (Å²) in [6, 6.07) is 6.52. The molecule has 30 heavy (non-hydrogen) atoms. The molecule has 6 nitrogen and oxygen atoms in total. The van der Waals surface area contributed by atoms with Gasteiger partial charge in [-0.05, 0) is 17.7 Å². The molecule has 4 rings (SSSR count). The second kappa shape index (κ2) is 7.74. The van der Waals surface area contributed by atoms with Gasteiger partial charge in [0.1, 0.15) is 0 Å². The van der Waals surface area contributed by atoms with Crippen LogP contribution in [-0.4, -0.2) is 27.3 Å². The van der Waals surface area contributed by atoms with E-state index in [1.165, 1.54) is 18.3 Å². The molecule has 154 valence electrons. The topological polar surface area (TPSA) is 85.0 Å². The number of carbonyl (C=O) groups excluding carboxylic acids is 1. The Hall–Kier alpha value is -3.49. The number of rotatable bonds is 4. The fourth-order valence-electron chi connectivity index (χ4n) is 3.45. The number of carbonyl (C=O) groups is 1. The SMILES string of the molecule is Nc1ncc2c(n1)CCN(c1cncc(C(=O)Cc3cccc(C(F)(F)F)c3)c1)C2. The number of ketones is 1. The number of nitrogens with zero attached hydrogens (tertiary/aromatic N) is 4. The van der Waals surface area contributed by atoms with Crippen LogP contribution >= 0.6 is 0 Å². The molecule has 2 N–H and O–H groups in total. The third kappa shape index (κ3) is 4.24. The molecule has 0 saturated carbocycles. The van der Waals surface area contributed by atoms with Crippen LogP contribution in [0, 0.1) is 0 Å². The number of halogens is 3. The van der Waals surface area contributed by atoms with Crippen LogP contribution in [0.3, 0.4) is 0 Å². The van der Waals surface area contributed by atoms with Gasteiger partial charge in [-0.25, -0.2) is 9.97 Å². The second-order valence-corrected chi connectivity index (χ2v) is 7.10. The van der Waals surface area contributed by atoms with Crippen molar-refractivity contribution in [2.24, 2.45) is 0 Å². The summed E-state index contributed by atoms with van der Waals surface area (Å²) in [6.45, 7) is 1.24. The fourth-order valence-corrected chi connectivity index (χ4v) is 3.45. The van der Waals surface area contributed by atoms with Gasteiger partial charge < -0.3 is 10.6 Å². The zero-order valence-corrected chi connectivity index (χ0v) is 15.9. The molecular formula is C21H18F3N5O. The molecule has 0 spiro atoms. The van der Waals surface area contributed by atoms with E-state index >= 15 is 0 Å². The highest BCUT2D eigenvalue weighted by molar-refractivity contribution is 5.98. The molecule has 0 amide bonds. The van der Waals surface area contributed by atoms with E-state index in [4.69, 9.17) is 5.73 Å². The van der Waals surface area contributed by atoms with Crippen LogP contribution in [0.4, 0.5) is 24.8 Å². The number of nitrogen functional groups attached to an aromatic ring is 1. The first kappa shape index (κ1) is 19.8. The van der Waals surface area contributed by atoms with Gasteiger partial charge in [0.25, 0.3) is 0 Å². The number of nitrogens with two attached hydrogens (primary N) is 1. The van der Waals surface area contributed by atoms with E-state index in [0.29, 0.717) is 30.6 Å². The van der Waals surface area contributed by atoms with Gasteiger partial charge in [0.2, 0.25) is 5.95 Å². The Bertz CT molecular complexity index is 1100. The van der Waals surface area contributed by atoms with Crippen molar-refractivity contribution in [1.82, 2.24) is 15.0 Å². The lowest BCUT2D eigenvalue weighted by atomic mass is 10.0. The van der Waals surface area contributed by atoms with Crippen molar-refractivity contribution in [3.8, 4) is 0 Å². The predicted molar refractivity (Wildman–Crippen MR) is 105 cm³/mol. The van der Waals surface area contributed by atoms with Crippen LogP contribution < -0.4 is 10.6 Å². The van der Waals surface area contributed by atoms with Gasteiger partial charge in [0.15, 0.2) is 5.78 Å². The van der Waals surface area contributed by atoms with Crippen molar-refractivity contribution in [2.75, 3.05) is 17.2 Å². The van der Waals surface area contributed by atoms with Crippen LogP contribution in [-0.2, 0) is 25.6 Å². The molecule has 0 saturated heterocycles. The normalized spacial score (nSPS) is 13.8. The van der Waals surface area contributed by atoms with Crippen LogP contribution in [0.25, 0.3) is 0 Å². The minimum atomic E-state index is -4.44. The van der Waals surface area contributed by atoms with Gasteiger partial charge in [-0.2, -0.15) is 13.2 Å². The van der Waals surface area contributed by atoms with E-state index in [0.717, 1.165) is 29.1 Å². The minimum Gasteiger partial charge on any atom is -0.368 e. The van der Waals surface area contributed by atoms with E-state index < -0.39 is 11.7 Å². The molecule has 3 heterocycles. The first-order chi connectivity index (χ1) is 14.3. The number of Topliss-reactive ketones (excluding diaryl/α,β-unsaturated/α-hetero) is 1. The Morgan fingerprint density at radius 2 is 2.00 bits per heavy atom. The molecule has 1 aliphatic rings. The number of hydrogen-bond acceptors (Lipinski definition) is 6. The maximum Gasteiger partial charge on any atom is 0.416 e. The van der Waals surface area contributed by atoms with Crippen LogP contribution in [0.15, 0.2) is 48.9 Å². The molecule has 3 aromatic rings. The smallest absolute Gasteiger partial charge is 0.368 e. The molecule has 1 aliphatic heterocycles. The summed E-state index contributed by atoms with van der Waals surface area (Å²) < 4.78 is 38.7. The average Bonchev–Trinajstić information content (AvgIpc) is 2.73. The number of pyridine rings is 1. The molecular weight excluding hydrogens is 395 g/mol. The standard InChI is InChI=1S/C21H18F3N5O/c22-21(23,24)16-3-1-2-13(6-16)7-19(30)14-8-17(11-26-9-14)29-5-4-18-15(12-29)10-27-20(25)28-18/h1-3,6,8-11H,4-5,7,12H2,(H2,25,27,28). The van der Waals surface area contributed by atoms with Crippen molar-refractivity contribution in [1.29, 1.82) is 0 Å². The van der Waals surface area contributed by atoms with Crippen molar-refractivity contribution in [3.63, 3.8) is 0 Å². The number of aromatic nitrogens is 3. The Balaban J connectivity index is 1.51. The summed E-state index contributed by atoms with van der Waals surface area (Å²) in [5.74, 6) is -0.0526. The molecule has 0 unspecified atom stereocenters. The Kier molecular flexibility index (Phi) is 5.11. The number of anilines is 2. The lowest BCUT2D eigenvalue weighted by Gasteiger charge is -2.29. The quantitative estimate of drug-likeness (QED) is 0.660. The van der Waals surface area contributed by atoms with Crippen molar-refractivity contribution >= 4 is 17.4 Å². The molecule has 0 aliphatic carbocycles. The third-order valence-electron chi connectivity index (χ3n) is 4.98. The molecule has 0 fully saturated rings. The summed E-state index contributed by atoms with van der Waals surface area (Å²) in [5.41, 5.74) is 8.14. The lowest BCUT2D eigenvalue weighted by molar-refractivity contribution is -0.137. The summed E-state index contributed by atoms with van der Waals surface area (Å²) >= 11 is 0. The summed E-state index contributed by atoms with van der Waals surface area (Å²) in [6.07, 6.45) is 0.889. The fraction of sp³-hybridized carbons (Fsp3) is 0.238. The number of benzene rings is 1. The van der Waals surface area contributed by atoms with Gasteiger partial charge in [-0.3, -0.25) is 9.78 Å². The number of hydrogen-bond donors (Lipinski definition) is 1. The van der Waals surface area contributed by atoms with E-state index in [-0.39, 0.29) is 18.2 Å². The van der Waals surface area contributed by atoms with Gasteiger partial charge >= 0.3 is 6.18 Å². The maximum atomic E-state index is 12.9. The summed E-state index contributed by atoms with van der Waals surface area (Å²) in [4.78, 5) is 27.2. The van der Waals surface area contributed by atoms with Gasteiger partial charge in [-0.1, -0.05) is 18.2 Å². The van der Waals surface area contributed by atoms with Crippen LogP contribution in [0.5, 0.6) is 0 Å². The van der Waals surface area contributed by atoms with E-state index in [9.17, 15) is 18.0 Å². The Labute approximate surface area is 170 Å². The summed E-state index contributed by atoms with van der Waals surface area (Å²) in [7, 11) is 0. The molecule has 0 radical (unpaired) electrons. The van der Waals surface area contributed by atoms with Crippen LogP contribution in [0.2, 0.25) is 0 Å². The van der Waals surface area contributed by atoms with Gasteiger partial charge in [0, 0.05) is 49.5 Å². The van der Waals surface area contributed by atoms with Gasteiger partial charge in [-0.15, -0.1) is 0 Å². The van der Waals surface area contributed by atoms with E-state index in [1.807, 2.05) is 0 Å². The zero-order chi connectivity index (χ0) is 21.3. The zero-order valence-electron chi connectivity index (χ0n) is 15.9. The average molecular weight is 413 g/mol.